The lowest BCUT2D eigenvalue weighted by atomic mass is 9.93. The molecule has 0 radical (unpaired) electrons. The predicted molar refractivity (Wildman–Crippen MR) is 80.9 cm³/mol. The number of carbonyl (C=O) groups is 2. The summed E-state index contributed by atoms with van der Waals surface area (Å²) >= 11 is 0. The Morgan fingerprint density at radius 2 is 2.05 bits per heavy atom. The lowest BCUT2D eigenvalue weighted by Gasteiger charge is -2.41. The van der Waals surface area contributed by atoms with Crippen LogP contribution < -0.4 is 10.6 Å². The standard InChI is InChI=1S/C14H25N3O2.ClH/c1-14(2)13(19)16-8-9-17(14)12(18)10-11-4-3-6-15-7-5-11;/h11,15H,3-10H2,1-2H3,(H,16,19);1H. The fraction of sp³-hybridized carbons (Fsp3) is 0.857. The topological polar surface area (TPSA) is 61.4 Å². The van der Waals surface area contributed by atoms with Gasteiger partial charge in [0.15, 0.2) is 0 Å². The molecule has 1 unspecified atom stereocenters. The maximum Gasteiger partial charge on any atom is 0.245 e. The van der Waals surface area contributed by atoms with Crippen LogP contribution in [-0.2, 0) is 9.59 Å². The van der Waals surface area contributed by atoms with E-state index in [0.717, 1.165) is 32.4 Å². The van der Waals surface area contributed by atoms with Gasteiger partial charge < -0.3 is 15.5 Å². The van der Waals surface area contributed by atoms with E-state index in [2.05, 4.69) is 10.6 Å². The summed E-state index contributed by atoms with van der Waals surface area (Å²) in [7, 11) is 0. The highest BCUT2D eigenvalue weighted by Crippen LogP contribution is 2.23. The van der Waals surface area contributed by atoms with Gasteiger partial charge in [-0.05, 0) is 52.1 Å². The molecular weight excluding hydrogens is 278 g/mol. The average molecular weight is 304 g/mol. The minimum atomic E-state index is -0.710. The van der Waals surface area contributed by atoms with Gasteiger partial charge in [-0.15, -0.1) is 12.4 Å². The second-order valence-electron chi connectivity index (χ2n) is 6.11. The van der Waals surface area contributed by atoms with Gasteiger partial charge in [0, 0.05) is 19.5 Å². The normalized spacial score (nSPS) is 26.2. The van der Waals surface area contributed by atoms with Crippen molar-refractivity contribution in [3.05, 3.63) is 0 Å². The van der Waals surface area contributed by atoms with E-state index in [0.29, 0.717) is 25.4 Å². The summed E-state index contributed by atoms with van der Waals surface area (Å²) in [5, 5.41) is 6.19. The van der Waals surface area contributed by atoms with Crippen molar-refractivity contribution in [2.75, 3.05) is 26.2 Å². The number of hydrogen-bond acceptors (Lipinski definition) is 3. The Balaban J connectivity index is 0.00000200. The average Bonchev–Trinajstić information content (AvgIpc) is 2.61. The highest BCUT2D eigenvalue weighted by molar-refractivity contribution is 5.91. The zero-order valence-electron chi connectivity index (χ0n) is 12.4. The van der Waals surface area contributed by atoms with Crippen LogP contribution in [0.4, 0.5) is 0 Å². The molecule has 0 saturated carbocycles. The Morgan fingerprint density at radius 1 is 1.30 bits per heavy atom. The highest BCUT2D eigenvalue weighted by Gasteiger charge is 2.40. The van der Waals surface area contributed by atoms with Crippen LogP contribution in [0.5, 0.6) is 0 Å². The monoisotopic (exact) mass is 303 g/mol. The summed E-state index contributed by atoms with van der Waals surface area (Å²) < 4.78 is 0. The van der Waals surface area contributed by atoms with Gasteiger partial charge in [-0.25, -0.2) is 0 Å². The van der Waals surface area contributed by atoms with Crippen LogP contribution in [0.15, 0.2) is 0 Å². The summed E-state index contributed by atoms with van der Waals surface area (Å²) in [5.41, 5.74) is -0.710. The summed E-state index contributed by atoms with van der Waals surface area (Å²) in [5.74, 6) is 0.546. The Morgan fingerprint density at radius 3 is 2.80 bits per heavy atom. The molecule has 0 aromatic rings. The second-order valence-corrected chi connectivity index (χ2v) is 6.11. The molecule has 0 aromatic carbocycles. The van der Waals surface area contributed by atoms with E-state index in [4.69, 9.17) is 0 Å². The van der Waals surface area contributed by atoms with Crippen LogP contribution in [0.3, 0.4) is 0 Å². The van der Waals surface area contributed by atoms with Crippen LogP contribution in [0.2, 0.25) is 0 Å². The number of halogens is 1. The summed E-state index contributed by atoms with van der Waals surface area (Å²) in [6.07, 6.45) is 3.89. The molecule has 0 bridgehead atoms. The zero-order valence-corrected chi connectivity index (χ0v) is 13.2. The first-order valence-electron chi connectivity index (χ1n) is 7.31. The molecular formula is C14H26ClN3O2. The molecule has 2 heterocycles. The van der Waals surface area contributed by atoms with E-state index < -0.39 is 5.54 Å². The molecule has 2 aliphatic rings. The van der Waals surface area contributed by atoms with Crippen molar-refractivity contribution in [3.8, 4) is 0 Å². The minimum Gasteiger partial charge on any atom is -0.352 e. The number of carbonyl (C=O) groups excluding carboxylic acids is 2. The van der Waals surface area contributed by atoms with Gasteiger partial charge in [0.1, 0.15) is 5.54 Å². The van der Waals surface area contributed by atoms with Crippen molar-refractivity contribution in [1.29, 1.82) is 0 Å². The second kappa shape index (κ2) is 7.27. The SMILES string of the molecule is CC1(C)C(=O)NCCN1C(=O)CC1CCCNCC1.Cl. The third kappa shape index (κ3) is 3.85. The van der Waals surface area contributed by atoms with Gasteiger partial charge in [0.25, 0.3) is 0 Å². The summed E-state index contributed by atoms with van der Waals surface area (Å²) in [4.78, 5) is 26.1. The molecule has 2 fully saturated rings. The Kier molecular flexibility index (Phi) is 6.27. The molecule has 2 aliphatic heterocycles. The van der Waals surface area contributed by atoms with E-state index in [1.165, 1.54) is 0 Å². The first kappa shape index (κ1) is 17.2. The molecule has 2 amide bonds. The van der Waals surface area contributed by atoms with Crippen LogP contribution in [0, 0.1) is 5.92 Å². The molecule has 0 spiro atoms. The Labute approximate surface area is 127 Å². The van der Waals surface area contributed by atoms with Crippen molar-refractivity contribution in [1.82, 2.24) is 15.5 Å². The molecule has 1 atom stereocenters. The van der Waals surface area contributed by atoms with Crippen LogP contribution in [0.25, 0.3) is 0 Å². The van der Waals surface area contributed by atoms with Crippen molar-refractivity contribution in [2.45, 2.75) is 45.1 Å². The molecule has 0 aromatic heterocycles. The fourth-order valence-corrected chi connectivity index (χ4v) is 2.99. The lowest BCUT2D eigenvalue weighted by molar-refractivity contribution is -0.149. The third-order valence-corrected chi connectivity index (χ3v) is 4.31. The smallest absolute Gasteiger partial charge is 0.245 e. The minimum absolute atomic E-state index is 0. The first-order chi connectivity index (χ1) is 9.01. The van der Waals surface area contributed by atoms with Crippen molar-refractivity contribution in [3.63, 3.8) is 0 Å². The molecule has 116 valence electrons. The van der Waals surface area contributed by atoms with Gasteiger partial charge in [0.05, 0.1) is 0 Å². The van der Waals surface area contributed by atoms with Gasteiger partial charge in [-0.2, -0.15) is 0 Å². The summed E-state index contributed by atoms with van der Waals surface area (Å²) in [6.45, 7) is 6.91. The van der Waals surface area contributed by atoms with E-state index in [9.17, 15) is 9.59 Å². The number of amides is 2. The van der Waals surface area contributed by atoms with Gasteiger partial charge >= 0.3 is 0 Å². The number of nitrogens with zero attached hydrogens (tertiary/aromatic N) is 1. The first-order valence-corrected chi connectivity index (χ1v) is 7.31. The van der Waals surface area contributed by atoms with Crippen LogP contribution in [0.1, 0.15) is 39.5 Å². The molecule has 6 heteroatoms. The number of rotatable bonds is 2. The molecule has 5 nitrogen and oxygen atoms in total. The summed E-state index contributed by atoms with van der Waals surface area (Å²) in [6, 6.07) is 0. The van der Waals surface area contributed by atoms with Gasteiger partial charge in [-0.1, -0.05) is 0 Å². The molecule has 2 rings (SSSR count). The number of piperazine rings is 1. The van der Waals surface area contributed by atoms with Gasteiger partial charge in [0.2, 0.25) is 11.8 Å². The quantitative estimate of drug-likeness (QED) is 0.797. The van der Waals surface area contributed by atoms with Crippen molar-refractivity contribution < 1.29 is 9.59 Å². The van der Waals surface area contributed by atoms with Gasteiger partial charge in [-0.3, -0.25) is 9.59 Å². The molecule has 2 N–H and O–H groups in total. The maximum absolute atomic E-state index is 12.5. The van der Waals surface area contributed by atoms with Crippen LogP contribution in [-0.4, -0.2) is 48.4 Å². The third-order valence-electron chi connectivity index (χ3n) is 4.31. The van der Waals surface area contributed by atoms with E-state index in [1.807, 2.05) is 13.8 Å². The Hall–Kier alpha value is -0.810. The number of nitrogens with one attached hydrogen (secondary N) is 2. The maximum atomic E-state index is 12.5. The molecule has 20 heavy (non-hydrogen) atoms. The predicted octanol–water partition coefficient (Wildman–Crippen LogP) is 0.925. The van der Waals surface area contributed by atoms with Crippen LogP contribution >= 0.6 is 12.4 Å². The fourth-order valence-electron chi connectivity index (χ4n) is 2.99. The highest BCUT2D eigenvalue weighted by atomic mass is 35.5. The molecule has 0 aliphatic carbocycles. The van der Waals surface area contributed by atoms with Crippen molar-refractivity contribution >= 4 is 24.2 Å². The van der Waals surface area contributed by atoms with Crippen molar-refractivity contribution in [2.24, 2.45) is 5.92 Å². The lowest BCUT2D eigenvalue weighted by Crippen LogP contribution is -2.63. The Bertz CT molecular complexity index is 352. The largest absolute Gasteiger partial charge is 0.352 e. The number of hydrogen-bond donors (Lipinski definition) is 2. The van der Waals surface area contributed by atoms with E-state index in [1.54, 1.807) is 4.90 Å². The van der Waals surface area contributed by atoms with E-state index in [-0.39, 0.29) is 24.2 Å². The van der Waals surface area contributed by atoms with E-state index >= 15 is 0 Å². The molecule has 2 saturated heterocycles. The zero-order chi connectivity index (χ0) is 13.9.